The van der Waals surface area contributed by atoms with Crippen LogP contribution in [-0.2, 0) is 9.53 Å². The first-order valence-corrected chi connectivity index (χ1v) is 6.21. The van der Waals surface area contributed by atoms with Gasteiger partial charge in [0, 0.05) is 6.92 Å². The molecule has 0 spiro atoms. The molecular weight excluding hydrogens is 210 g/mol. The van der Waals surface area contributed by atoms with Gasteiger partial charge in [-0.25, -0.2) is 0 Å². The molecule has 0 aliphatic heterocycles. The molecule has 0 aromatic rings. The number of rotatable bonds is 7. The van der Waals surface area contributed by atoms with E-state index in [1.807, 2.05) is 12.3 Å². The Morgan fingerprint density at radius 1 is 1.53 bits per heavy atom. The second-order valence-electron chi connectivity index (χ2n) is 3.56. The lowest BCUT2D eigenvalue weighted by atomic mass is 10.1. The third-order valence-electron chi connectivity index (χ3n) is 2.17. The first-order valence-electron chi connectivity index (χ1n) is 5.33. The van der Waals surface area contributed by atoms with Crippen LogP contribution in [0.15, 0.2) is 0 Å². The number of carbonyl (C=O) groups excluding carboxylic acids is 1. The van der Waals surface area contributed by atoms with Crippen molar-refractivity contribution in [3.63, 3.8) is 0 Å². The number of thioether (sulfide) groups is 1. The second-order valence-corrected chi connectivity index (χ2v) is 4.72. The predicted molar refractivity (Wildman–Crippen MR) is 62.4 cm³/mol. The lowest BCUT2D eigenvalue weighted by Gasteiger charge is -2.20. The van der Waals surface area contributed by atoms with Crippen LogP contribution < -0.4 is 0 Å². The number of nitriles is 1. The summed E-state index contributed by atoms with van der Waals surface area (Å²) in [6, 6.07) is 0. The average Bonchev–Trinajstić information content (AvgIpc) is 2.16. The maximum atomic E-state index is 10.9. The van der Waals surface area contributed by atoms with Crippen molar-refractivity contribution in [2.75, 3.05) is 0 Å². The number of nitrogens with zero attached hydrogens (tertiary/aromatic N) is 1. The Bertz CT molecular complexity index is 225. The SMILES string of the molecule is CCCCC[C@@H](OC(C)=O)[C@H](C)SC#N. The van der Waals surface area contributed by atoms with E-state index in [9.17, 15) is 4.79 Å². The lowest BCUT2D eigenvalue weighted by Crippen LogP contribution is -2.26. The Hall–Kier alpha value is -0.690. The fourth-order valence-electron chi connectivity index (χ4n) is 1.36. The first kappa shape index (κ1) is 14.3. The summed E-state index contributed by atoms with van der Waals surface area (Å²) in [7, 11) is 0. The van der Waals surface area contributed by atoms with Crippen LogP contribution in [0.25, 0.3) is 0 Å². The van der Waals surface area contributed by atoms with Crippen molar-refractivity contribution < 1.29 is 9.53 Å². The van der Waals surface area contributed by atoms with Gasteiger partial charge in [-0.15, -0.1) is 0 Å². The Morgan fingerprint density at radius 3 is 2.67 bits per heavy atom. The fourth-order valence-corrected chi connectivity index (χ4v) is 1.87. The Labute approximate surface area is 96.2 Å². The van der Waals surface area contributed by atoms with Crippen molar-refractivity contribution in [2.24, 2.45) is 0 Å². The van der Waals surface area contributed by atoms with Crippen molar-refractivity contribution in [1.29, 1.82) is 5.26 Å². The molecular formula is C11H19NO2S. The zero-order valence-corrected chi connectivity index (χ0v) is 10.5. The van der Waals surface area contributed by atoms with E-state index in [0.29, 0.717) is 0 Å². The van der Waals surface area contributed by atoms with Gasteiger partial charge < -0.3 is 4.74 Å². The van der Waals surface area contributed by atoms with Crippen LogP contribution in [0.1, 0.15) is 46.5 Å². The highest BCUT2D eigenvalue weighted by atomic mass is 32.2. The van der Waals surface area contributed by atoms with E-state index in [1.54, 1.807) is 0 Å². The van der Waals surface area contributed by atoms with E-state index in [4.69, 9.17) is 10.00 Å². The van der Waals surface area contributed by atoms with Crippen LogP contribution >= 0.6 is 11.8 Å². The molecule has 0 fully saturated rings. The molecule has 0 aliphatic carbocycles. The van der Waals surface area contributed by atoms with Crippen molar-refractivity contribution in [2.45, 2.75) is 57.8 Å². The fraction of sp³-hybridized carbons (Fsp3) is 0.818. The molecule has 0 rings (SSSR count). The molecule has 4 heteroatoms. The molecule has 0 aliphatic rings. The molecule has 0 aromatic carbocycles. The van der Waals surface area contributed by atoms with Gasteiger partial charge in [-0.05, 0) is 31.5 Å². The number of hydrogen-bond acceptors (Lipinski definition) is 4. The normalized spacial score (nSPS) is 14.0. The van der Waals surface area contributed by atoms with Crippen molar-refractivity contribution in [3.05, 3.63) is 0 Å². The molecule has 0 aromatic heterocycles. The number of ether oxygens (including phenoxy) is 1. The molecule has 0 amide bonds. The monoisotopic (exact) mass is 229 g/mol. The van der Waals surface area contributed by atoms with Crippen molar-refractivity contribution >= 4 is 17.7 Å². The molecule has 0 saturated heterocycles. The topological polar surface area (TPSA) is 50.1 Å². The first-order chi connectivity index (χ1) is 7.11. The highest BCUT2D eigenvalue weighted by Gasteiger charge is 2.20. The summed E-state index contributed by atoms with van der Waals surface area (Å²) in [6.07, 6.45) is 4.06. The summed E-state index contributed by atoms with van der Waals surface area (Å²) >= 11 is 1.17. The van der Waals surface area contributed by atoms with Crippen molar-refractivity contribution in [3.8, 4) is 5.40 Å². The second kappa shape index (κ2) is 8.60. The van der Waals surface area contributed by atoms with Gasteiger partial charge in [-0.1, -0.05) is 19.8 Å². The van der Waals surface area contributed by atoms with Crippen LogP contribution in [0.5, 0.6) is 0 Å². The zero-order chi connectivity index (χ0) is 11.7. The molecule has 15 heavy (non-hydrogen) atoms. The number of esters is 1. The van der Waals surface area contributed by atoms with Gasteiger partial charge in [0.2, 0.25) is 0 Å². The Morgan fingerprint density at radius 2 is 2.20 bits per heavy atom. The van der Waals surface area contributed by atoms with E-state index in [-0.39, 0.29) is 17.3 Å². The van der Waals surface area contributed by atoms with E-state index in [1.165, 1.54) is 18.7 Å². The molecule has 3 nitrogen and oxygen atoms in total. The maximum Gasteiger partial charge on any atom is 0.302 e. The predicted octanol–water partition coefficient (Wildman–Crippen LogP) is 3.10. The van der Waals surface area contributed by atoms with Crippen molar-refractivity contribution in [1.82, 2.24) is 0 Å². The van der Waals surface area contributed by atoms with Crippen LogP contribution in [0, 0.1) is 10.7 Å². The summed E-state index contributed by atoms with van der Waals surface area (Å²) < 4.78 is 5.20. The highest BCUT2D eigenvalue weighted by molar-refractivity contribution is 8.04. The van der Waals surface area contributed by atoms with Gasteiger partial charge in [0.15, 0.2) is 0 Å². The van der Waals surface area contributed by atoms with E-state index < -0.39 is 0 Å². The smallest absolute Gasteiger partial charge is 0.302 e. The average molecular weight is 229 g/mol. The third-order valence-corrected chi connectivity index (χ3v) is 2.95. The molecule has 0 bridgehead atoms. The van der Waals surface area contributed by atoms with Crippen LogP contribution in [0.4, 0.5) is 0 Å². The van der Waals surface area contributed by atoms with E-state index >= 15 is 0 Å². The molecule has 0 saturated carbocycles. The van der Waals surface area contributed by atoms with Crippen LogP contribution in [-0.4, -0.2) is 17.3 Å². The highest BCUT2D eigenvalue weighted by Crippen LogP contribution is 2.20. The number of hydrogen-bond donors (Lipinski definition) is 0. The Balaban J connectivity index is 4.05. The molecule has 0 N–H and O–H groups in total. The quantitative estimate of drug-likeness (QED) is 0.382. The lowest BCUT2D eigenvalue weighted by molar-refractivity contribution is -0.146. The minimum absolute atomic E-state index is 0.0516. The standard InChI is InChI=1S/C11H19NO2S/c1-4-5-6-7-11(14-10(3)13)9(2)15-8-12/h9,11H,4-7H2,1-3H3/t9-,11+/m0/s1. The minimum Gasteiger partial charge on any atom is -0.461 e. The van der Waals surface area contributed by atoms with E-state index in [0.717, 1.165) is 25.7 Å². The van der Waals surface area contributed by atoms with Gasteiger partial charge in [-0.2, -0.15) is 5.26 Å². The maximum absolute atomic E-state index is 10.9. The number of carbonyl (C=O) groups is 1. The van der Waals surface area contributed by atoms with E-state index in [2.05, 4.69) is 6.92 Å². The molecule has 0 heterocycles. The van der Waals surface area contributed by atoms with Gasteiger partial charge in [0.05, 0.1) is 5.25 Å². The number of thiocyanates is 1. The molecule has 0 radical (unpaired) electrons. The molecule has 2 atom stereocenters. The molecule has 86 valence electrons. The number of unbranched alkanes of at least 4 members (excludes halogenated alkanes) is 2. The van der Waals surface area contributed by atoms with Crippen LogP contribution in [0.2, 0.25) is 0 Å². The summed E-state index contributed by atoms with van der Waals surface area (Å²) in [5.74, 6) is -0.262. The molecule has 0 unspecified atom stereocenters. The van der Waals surface area contributed by atoms with Gasteiger partial charge in [-0.3, -0.25) is 4.79 Å². The Kier molecular flexibility index (Phi) is 8.21. The minimum atomic E-state index is -0.262. The third kappa shape index (κ3) is 7.26. The largest absolute Gasteiger partial charge is 0.461 e. The van der Waals surface area contributed by atoms with Gasteiger partial charge >= 0.3 is 5.97 Å². The van der Waals surface area contributed by atoms with Gasteiger partial charge in [0.1, 0.15) is 11.5 Å². The summed E-state index contributed by atoms with van der Waals surface area (Å²) in [6.45, 7) is 5.47. The zero-order valence-electron chi connectivity index (χ0n) is 9.66. The van der Waals surface area contributed by atoms with Crippen LogP contribution in [0.3, 0.4) is 0 Å². The summed E-state index contributed by atoms with van der Waals surface area (Å²) in [5.41, 5.74) is 0. The summed E-state index contributed by atoms with van der Waals surface area (Å²) in [4.78, 5) is 10.9. The summed E-state index contributed by atoms with van der Waals surface area (Å²) in [5, 5.41) is 10.7. The van der Waals surface area contributed by atoms with Gasteiger partial charge in [0.25, 0.3) is 0 Å².